The van der Waals surface area contributed by atoms with Crippen molar-refractivity contribution in [2.45, 2.75) is 32.7 Å². The molecule has 94 valence electrons. The third-order valence-electron chi connectivity index (χ3n) is 2.44. The highest BCUT2D eigenvalue weighted by atomic mass is 16.5. The number of nitrogens with zero attached hydrogens (tertiary/aromatic N) is 1. The maximum atomic E-state index is 11.3. The van der Waals surface area contributed by atoms with E-state index in [0.717, 1.165) is 18.5 Å². The Morgan fingerprint density at radius 3 is 3.00 bits per heavy atom. The smallest absolute Gasteiger partial charge is 0.319 e. The van der Waals surface area contributed by atoms with Gasteiger partial charge >= 0.3 is 5.97 Å². The van der Waals surface area contributed by atoms with E-state index in [0.29, 0.717) is 6.61 Å². The summed E-state index contributed by atoms with van der Waals surface area (Å²) in [5, 5.41) is 3.09. The zero-order valence-electron chi connectivity index (χ0n) is 10.5. The largest absolute Gasteiger partial charge is 0.465 e. The highest BCUT2D eigenvalue weighted by molar-refractivity contribution is 5.71. The Hall–Kier alpha value is -1.42. The number of carbonyl (C=O) groups excluding carboxylic acids is 1. The van der Waals surface area contributed by atoms with Gasteiger partial charge in [0.2, 0.25) is 0 Å². The van der Waals surface area contributed by atoms with Crippen LogP contribution in [0.3, 0.4) is 0 Å². The van der Waals surface area contributed by atoms with Crippen LogP contribution in [0.4, 0.5) is 0 Å². The normalized spacial score (nSPS) is 12.1. The van der Waals surface area contributed by atoms with Crippen LogP contribution in [-0.2, 0) is 9.53 Å². The predicted octanol–water partition coefficient (Wildman–Crippen LogP) is 2.08. The minimum Gasteiger partial charge on any atom is -0.465 e. The van der Waals surface area contributed by atoms with E-state index in [-0.39, 0.29) is 18.6 Å². The number of pyridine rings is 1. The Balaban J connectivity index is 2.24. The van der Waals surface area contributed by atoms with Crippen molar-refractivity contribution in [3.05, 3.63) is 30.1 Å². The molecule has 17 heavy (non-hydrogen) atoms. The average molecular weight is 236 g/mol. The van der Waals surface area contributed by atoms with Crippen molar-refractivity contribution in [3.63, 3.8) is 0 Å². The van der Waals surface area contributed by atoms with Crippen LogP contribution in [0.15, 0.2) is 24.4 Å². The zero-order chi connectivity index (χ0) is 12.5. The average Bonchev–Trinajstić information content (AvgIpc) is 2.37. The Morgan fingerprint density at radius 2 is 2.35 bits per heavy atom. The molecule has 1 aromatic heterocycles. The van der Waals surface area contributed by atoms with E-state index in [2.05, 4.69) is 17.2 Å². The summed E-state index contributed by atoms with van der Waals surface area (Å²) in [5.41, 5.74) is 0.925. The Morgan fingerprint density at radius 1 is 1.53 bits per heavy atom. The molecule has 0 aliphatic heterocycles. The molecule has 1 rings (SSSR count). The molecule has 0 saturated carbocycles. The lowest BCUT2D eigenvalue weighted by Crippen LogP contribution is -2.28. The number of rotatable bonds is 7. The van der Waals surface area contributed by atoms with Crippen molar-refractivity contribution >= 4 is 5.97 Å². The molecular weight excluding hydrogens is 216 g/mol. The van der Waals surface area contributed by atoms with Crippen LogP contribution in [-0.4, -0.2) is 24.1 Å². The van der Waals surface area contributed by atoms with E-state index < -0.39 is 0 Å². The predicted molar refractivity (Wildman–Crippen MR) is 66.5 cm³/mol. The van der Waals surface area contributed by atoms with E-state index >= 15 is 0 Å². The molecule has 0 aliphatic rings. The first-order valence-electron chi connectivity index (χ1n) is 6.04. The Labute approximate surface area is 102 Å². The second-order valence-corrected chi connectivity index (χ2v) is 3.93. The van der Waals surface area contributed by atoms with Gasteiger partial charge < -0.3 is 4.74 Å². The molecule has 0 bridgehead atoms. The van der Waals surface area contributed by atoms with E-state index in [1.54, 1.807) is 6.20 Å². The molecule has 0 aromatic carbocycles. The van der Waals surface area contributed by atoms with Gasteiger partial charge in [-0.25, -0.2) is 0 Å². The molecule has 4 heteroatoms. The van der Waals surface area contributed by atoms with Gasteiger partial charge in [-0.2, -0.15) is 0 Å². The first kappa shape index (κ1) is 13.6. The molecule has 0 amide bonds. The van der Waals surface area contributed by atoms with Gasteiger partial charge in [0.05, 0.1) is 18.8 Å². The standard InChI is InChI=1S/C13H20N2O2/c1-3-4-9-17-13(16)10-15-11(2)12-7-5-6-8-14-12/h5-8,11,15H,3-4,9-10H2,1-2H3/t11-/m1/s1. The quantitative estimate of drug-likeness (QED) is 0.581. The fourth-order valence-corrected chi connectivity index (χ4v) is 1.35. The van der Waals surface area contributed by atoms with Crippen LogP contribution >= 0.6 is 0 Å². The van der Waals surface area contributed by atoms with Crippen LogP contribution in [0.25, 0.3) is 0 Å². The molecule has 4 nitrogen and oxygen atoms in total. The number of unbranched alkanes of at least 4 members (excludes halogenated alkanes) is 1. The second kappa shape index (κ2) is 7.79. The van der Waals surface area contributed by atoms with Crippen molar-refractivity contribution in [1.29, 1.82) is 0 Å². The van der Waals surface area contributed by atoms with Gasteiger partial charge in [-0.3, -0.25) is 15.1 Å². The van der Waals surface area contributed by atoms with Crippen molar-refractivity contribution in [2.24, 2.45) is 0 Å². The fraction of sp³-hybridized carbons (Fsp3) is 0.538. The van der Waals surface area contributed by atoms with Crippen LogP contribution in [0.1, 0.15) is 38.4 Å². The van der Waals surface area contributed by atoms with Crippen LogP contribution < -0.4 is 5.32 Å². The van der Waals surface area contributed by atoms with Gasteiger partial charge in [-0.1, -0.05) is 19.4 Å². The van der Waals surface area contributed by atoms with Crippen molar-refractivity contribution in [2.75, 3.05) is 13.2 Å². The van der Waals surface area contributed by atoms with Gasteiger partial charge in [0.15, 0.2) is 0 Å². The summed E-state index contributed by atoms with van der Waals surface area (Å²) in [5.74, 6) is -0.207. The summed E-state index contributed by atoms with van der Waals surface area (Å²) in [6, 6.07) is 5.78. The van der Waals surface area contributed by atoms with Gasteiger partial charge in [0.25, 0.3) is 0 Å². The molecule has 0 unspecified atom stereocenters. The summed E-state index contributed by atoms with van der Waals surface area (Å²) < 4.78 is 5.05. The van der Waals surface area contributed by atoms with Gasteiger partial charge in [-0.05, 0) is 25.5 Å². The van der Waals surface area contributed by atoms with Gasteiger partial charge in [-0.15, -0.1) is 0 Å². The number of ether oxygens (including phenoxy) is 1. The summed E-state index contributed by atoms with van der Waals surface area (Å²) in [7, 11) is 0. The van der Waals surface area contributed by atoms with Crippen LogP contribution in [0.2, 0.25) is 0 Å². The lowest BCUT2D eigenvalue weighted by Gasteiger charge is -2.12. The molecule has 0 saturated heterocycles. The maximum Gasteiger partial charge on any atom is 0.319 e. The topological polar surface area (TPSA) is 51.2 Å². The molecular formula is C13H20N2O2. The maximum absolute atomic E-state index is 11.3. The fourth-order valence-electron chi connectivity index (χ4n) is 1.35. The van der Waals surface area contributed by atoms with Crippen molar-refractivity contribution in [3.8, 4) is 0 Å². The number of aromatic nitrogens is 1. The highest BCUT2D eigenvalue weighted by Gasteiger charge is 2.08. The summed E-state index contributed by atoms with van der Waals surface area (Å²) in [6.07, 6.45) is 3.69. The number of esters is 1. The third-order valence-corrected chi connectivity index (χ3v) is 2.44. The van der Waals surface area contributed by atoms with E-state index in [4.69, 9.17) is 4.74 Å². The van der Waals surface area contributed by atoms with Crippen molar-refractivity contribution in [1.82, 2.24) is 10.3 Å². The van der Waals surface area contributed by atoms with E-state index in [1.807, 2.05) is 25.1 Å². The molecule has 0 spiro atoms. The van der Waals surface area contributed by atoms with Crippen LogP contribution in [0.5, 0.6) is 0 Å². The monoisotopic (exact) mass is 236 g/mol. The molecule has 0 radical (unpaired) electrons. The molecule has 0 aliphatic carbocycles. The number of carbonyl (C=O) groups is 1. The summed E-state index contributed by atoms with van der Waals surface area (Å²) in [6.45, 7) is 4.77. The first-order chi connectivity index (χ1) is 8.24. The van der Waals surface area contributed by atoms with Crippen molar-refractivity contribution < 1.29 is 9.53 Å². The Kier molecular flexibility index (Phi) is 6.25. The summed E-state index contributed by atoms with van der Waals surface area (Å²) in [4.78, 5) is 15.6. The molecule has 0 fully saturated rings. The van der Waals surface area contributed by atoms with Gasteiger partial charge in [0.1, 0.15) is 0 Å². The molecule has 1 heterocycles. The van der Waals surface area contributed by atoms with E-state index in [9.17, 15) is 4.79 Å². The second-order valence-electron chi connectivity index (χ2n) is 3.93. The first-order valence-corrected chi connectivity index (χ1v) is 6.04. The lowest BCUT2D eigenvalue weighted by atomic mass is 10.2. The minimum absolute atomic E-state index is 0.0509. The Bertz CT molecular complexity index is 327. The van der Waals surface area contributed by atoms with E-state index in [1.165, 1.54) is 0 Å². The number of nitrogens with one attached hydrogen (secondary N) is 1. The number of hydrogen-bond acceptors (Lipinski definition) is 4. The van der Waals surface area contributed by atoms with Crippen LogP contribution in [0, 0.1) is 0 Å². The minimum atomic E-state index is -0.207. The molecule has 1 N–H and O–H groups in total. The highest BCUT2D eigenvalue weighted by Crippen LogP contribution is 2.06. The number of hydrogen-bond donors (Lipinski definition) is 1. The third kappa shape index (κ3) is 5.45. The molecule has 1 atom stereocenters. The zero-order valence-corrected chi connectivity index (χ0v) is 10.5. The van der Waals surface area contributed by atoms with Gasteiger partial charge in [0, 0.05) is 12.2 Å². The molecule has 1 aromatic rings. The lowest BCUT2D eigenvalue weighted by molar-refractivity contribution is -0.142. The SMILES string of the molecule is CCCCOC(=O)CN[C@H](C)c1ccccn1. The summed E-state index contributed by atoms with van der Waals surface area (Å²) >= 11 is 0.